The molecule has 0 spiro atoms. The summed E-state index contributed by atoms with van der Waals surface area (Å²) in [4.78, 5) is 17.3. The molecule has 3 heterocycles. The molecular weight excluding hydrogens is 468 g/mol. The fraction of sp³-hybridized carbons (Fsp3) is 0.111. The summed E-state index contributed by atoms with van der Waals surface area (Å²) in [6, 6.07) is 10.9. The number of hydrogen-bond acceptors (Lipinski definition) is 8. The number of halogens is 1. The van der Waals surface area contributed by atoms with Crippen molar-refractivity contribution in [1.82, 2.24) is 4.90 Å². The molecule has 0 saturated carbocycles. The summed E-state index contributed by atoms with van der Waals surface area (Å²) in [5.41, 5.74) is 0.993. The van der Waals surface area contributed by atoms with Crippen LogP contribution in [0.3, 0.4) is 0 Å². The van der Waals surface area contributed by atoms with Crippen LogP contribution in [0, 0.1) is 5.41 Å². The number of amides is 1. The Morgan fingerprint density at radius 2 is 2.00 bits per heavy atom. The van der Waals surface area contributed by atoms with E-state index in [1.165, 1.54) is 17.8 Å². The Labute approximate surface area is 185 Å². The molecule has 0 fully saturated rings. The predicted molar refractivity (Wildman–Crippen MR) is 120 cm³/mol. The third kappa shape index (κ3) is 4.24. The van der Waals surface area contributed by atoms with Crippen molar-refractivity contribution in [2.45, 2.75) is 10.8 Å². The monoisotopic (exact) mass is 480 g/mol. The number of fused-ring (bicyclic) bond motifs is 1. The van der Waals surface area contributed by atoms with Crippen molar-refractivity contribution in [3.8, 4) is 0 Å². The molecule has 154 valence electrons. The maximum absolute atomic E-state index is 12.4. The number of aliphatic imine (C=N–C) groups is 1. The van der Waals surface area contributed by atoms with Gasteiger partial charge in [0, 0.05) is 17.0 Å². The van der Waals surface area contributed by atoms with Gasteiger partial charge in [0.25, 0.3) is 5.91 Å². The highest BCUT2D eigenvalue weighted by Crippen LogP contribution is 2.31. The van der Waals surface area contributed by atoms with Crippen LogP contribution >= 0.6 is 35.3 Å². The Bertz CT molecular complexity index is 1250. The van der Waals surface area contributed by atoms with Crippen molar-refractivity contribution in [3.63, 3.8) is 0 Å². The van der Waals surface area contributed by atoms with E-state index in [-0.39, 0.29) is 21.7 Å². The first-order chi connectivity index (χ1) is 14.2. The molecule has 1 N–H and O–H groups in total. The molecule has 1 aromatic carbocycles. The van der Waals surface area contributed by atoms with Crippen LogP contribution in [-0.4, -0.2) is 41.7 Å². The van der Waals surface area contributed by atoms with Crippen molar-refractivity contribution in [2.75, 3.05) is 6.26 Å². The SMILES string of the molecule is CS(=O)(=O)C1=NSC2=NC(=O)/C(=C\c3ccc(SCc4ccc(Cl)cc4)o3)C(=N)N21. The molecule has 12 heteroatoms. The van der Waals surface area contributed by atoms with Gasteiger partial charge in [0.05, 0.1) is 17.5 Å². The second-order valence-corrected chi connectivity index (χ2v) is 10.3. The molecule has 8 nitrogen and oxygen atoms in total. The fourth-order valence-electron chi connectivity index (χ4n) is 2.60. The summed E-state index contributed by atoms with van der Waals surface area (Å²) in [5.74, 6) is 0.0499. The Hall–Kier alpha value is -2.34. The van der Waals surface area contributed by atoms with E-state index < -0.39 is 15.7 Å². The van der Waals surface area contributed by atoms with E-state index in [1.807, 2.05) is 24.3 Å². The summed E-state index contributed by atoms with van der Waals surface area (Å²) in [6.45, 7) is 0. The van der Waals surface area contributed by atoms with Crippen LogP contribution in [0.1, 0.15) is 11.3 Å². The summed E-state index contributed by atoms with van der Waals surface area (Å²) < 4.78 is 33.4. The van der Waals surface area contributed by atoms with E-state index in [1.54, 1.807) is 12.1 Å². The van der Waals surface area contributed by atoms with Gasteiger partial charge >= 0.3 is 0 Å². The zero-order valence-electron chi connectivity index (χ0n) is 15.3. The Balaban J connectivity index is 1.53. The van der Waals surface area contributed by atoms with Gasteiger partial charge in [-0.25, -0.2) is 13.3 Å². The lowest BCUT2D eigenvalue weighted by Crippen LogP contribution is -2.45. The van der Waals surface area contributed by atoms with Crippen molar-refractivity contribution in [2.24, 2.45) is 9.39 Å². The summed E-state index contributed by atoms with van der Waals surface area (Å²) in [6.07, 6.45) is 2.36. The minimum atomic E-state index is -3.69. The van der Waals surface area contributed by atoms with Crippen LogP contribution in [0.15, 0.2) is 60.9 Å². The maximum Gasteiger partial charge on any atom is 0.283 e. The number of rotatable bonds is 4. The normalized spacial score (nSPS) is 17.9. The van der Waals surface area contributed by atoms with Gasteiger partial charge in [-0.15, -0.1) is 0 Å². The fourth-order valence-corrected chi connectivity index (χ4v) is 5.40. The van der Waals surface area contributed by atoms with E-state index in [0.717, 1.165) is 28.7 Å². The van der Waals surface area contributed by atoms with Gasteiger partial charge in [-0.1, -0.05) is 35.5 Å². The second-order valence-electron chi connectivity index (χ2n) is 6.25. The highest BCUT2D eigenvalue weighted by molar-refractivity contribution is 8.16. The topological polar surface area (TPSA) is 116 Å². The largest absolute Gasteiger partial charge is 0.450 e. The molecule has 1 amide bonds. The zero-order chi connectivity index (χ0) is 21.5. The number of furan rings is 1. The third-order valence-electron chi connectivity index (χ3n) is 4.01. The van der Waals surface area contributed by atoms with E-state index in [0.29, 0.717) is 21.6 Å². The second kappa shape index (κ2) is 8.06. The Morgan fingerprint density at radius 1 is 1.27 bits per heavy atom. The van der Waals surface area contributed by atoms with E-state index in [9.17, 15) is 13.2 Å². The average molecular weight is 481 g/mol. The number of nitrogens with one attached hydrogen (secondary N) is 1. The van der Waals surface area contributed by atoms with Gasteiger partial charge in [0.1, 0.15) is 11.6 Å². The van der Waals surface area contributed by atoms with Crippen LogP contribution < -0.4 is 0 Å². The smallest absolute Gasteiger partial charge is 0.283 e. The molecule has 0 radical (unpaired) electrons. The molecule has 4 rings (SSSR count). The number of thioether (sulfide) groups is 1. The minimum absolute atomic E-state index is 0.0428. The van der Waals surface area contributed by atoms with Crippen molar-refractivity contribution < 1.29 is 17.6 Å². The van der Waals surface area contributed by atoms with Gasteiger partial charge in [-0.3, -0.25) is 10.2 Å². The summed E-state index contributed by atoms with van der Waals surface area (Å²) in [5, 5.41) is 9.34. The number of sulfone groups is 1. The summed E-state index contributed by atoms with van der Waals surface area (Å²) >= 11 is 8.10. The molecule has 30 heavy (non-hydrogen) atoms. The molecule has 2 aromatic rings. The first kappa shape index (κ1) is 20.9. The van der Waals surface area contributed by atoms with Crippen molar-refractivity contribution >= 4 is 73.3 Å². The van der Waals surface area contributed by atoms with Gasteiger partial charge in [-0.05, 0) is 35.9 Å². The highest BCUT2D eigenvalue weighted by Gasteiger charge is 2.41. The zero-order valence-corrected chi connectivity index (χ0v) is 18.5. The molecule has 1 aromatic heterocycles. The predicted octanol–water partition coefficient (Wildman–Crippen LogP) is 3.85. The lowest BCUT2D eigenvalue weighted by atomic mass is 10.1. The van der Waals surface area contributed by atoms with Crippen LogP contribution in [0.4, 0.5) is 0 Å². The molecular formula is C18H13ClN4O4S3. The third-order valence-corrected chi connectivity index (χ3v) is 7.00. The minimum Gasteiger partial charge on any atom is -0.450 e. The van der Waals surface area contributed by atoms with Gasteiger partial charge in [-0.2, -0.15) is 9.39 Å². The van der Waals surface area contributed by atoms with E-state index >= 15 is 0 Å². The number of carbonyl (C=O) groups excluding carboxylic acids is 1. The van der Waals surface area contributed by atoms with Gasteiger partial charge in [0.2, 0.25) is 20.2 Å². The van der Waals surface area contributed by atoms with Crippen molar-refractivity contribution in [1.29, 1.82) is 5.41 Å². The van der Waals surface area contributed by atoms with Crippen LogP contribution in [0.2, 0.25) is 5.02 Å². The van der Waals surface area contributed by atoms with E-state index in [2.05, 4.69) is 9.39 Å². The quantitative estimate of drug-likeness (QED) is 0.401. The molecule has 0 atom stereocenters. The van der Waals surface area contributed by atoms with Crippen molar-refractivity contribution in [3.05, 3.63) is 58.3 Å². The van der Waals surface area contributed by atoms with Gasteiger partial charge in [0.15, 0.2) is 5.09 Å². The molecule has 2 aliphatic heterocycles. The average Bonchev–Trinajstić information content (AvgIpc) is 3.31. The number of nitrogens with zero attached hydrogens (tertiary/aromatic N) is 3. The first-order valence-electron chi connectivity index (χ1n) is 8.38. The van der Waals surface area contributed by atoms with Gasteiger partial charge < -0.3 is 4.42 Å². The lowest BCUT2D eigenvalue weighted by Gasteiger charge is -2.23. The molecule has 0 bridgehead atoms. The molecule has 0 saturated heterocycles. The highest BCUT2D eigenvalue weighted by atomic mass is 35.5. The van der Waals surface area contributed by atoms with Crippen LogP contribution in [0.25, 0.3) is 6.08 Å². The van der Waals surface area contributed by atoms with Crippen LogP contribution in [0.5, 0.6) is 0 Å². The molecule has 0 aliphatic carbocycles. The summed E-state index contributed by atoms with van der Waals surface area (Å²) in [7, 11) is -3.69. The molecule has 0 unspecified atom stereocenters. The first-order valence-corrected chi connectivity index (χ1v) is 12.4. The van der Waals surface area contributed by atoms with E-state index in [4.69, 9.17) is 21.4 Å². The number of amidine groups is 3. The standard InChI is InChI=1S/C18H13ClN4O4S3/c1-30(25,26)18-22-29-17-21-16(24)13(15(20)23(17)18)8-12-6-7-14(27-12)28-9-10-2-4-11(19)5-3-10/h2-8,20H,9H2,1H3/b13-8-,20-15?. The Kier molecular flexibility index (Phi) is 5.62. The Morgan fingerprint density at radius 3 is 2.70 bits per heavy atom. The number of benzene rings is 1. The maximum atomic E-state index is 12.4. The number of carbonyl (C=O) groups is 1. The molecule has 2 aliphatic rings. The van der Waals surface area contributed by atoms with Crippen LogP contribution in [-0.2, 0) is 20.4 Å². The number of hydrogen-bond donors (Lipinski definition) is 1. The lowest BCUT2D eigenvalue weighted by molar-refractivity contribution is -0.114.